The van der Waals surface area contributed by atoms with E-state index in [0.717, 1.165) is 11.0 Å². The maximum Gasteiger partial charge on any atom is 0.321 e. The SMILES string of the molecule is COC(=O)C(Br)Cn1cnc2cc(C)c(C)cc21. The van der Waals surface area contributed by atoms with Gasteiger partial charge in [-0.1, -0.05) is 15.9 Å². The van der Waals surface area contributed by atoms with Crippen LogP contribution < -0.4 is 0 Å². The number of aryl methyl sites for hydroxylation is 2. The number of fused-ring (bicyclic) bond motifs is 1. The number of carbonyl (C=O) groups is 1. The highest BCUT2D eigenvalue weighted by Crippen LogP contribution is 2.19. The molecule has 0 saturated heterocycles. The van der Waals surface area contributed by atoms with Gasteiger partial charge in [0.1, 0.15) is 4.83 Å². The Morgan fingerprint density at radius 1 is 1.44 bits per heavy atom. The predicted octanol–water partition coefficient (Wildman–Crippen LogP) is 2.59. The summed E-state index contributed by atoms with van der Waals surface area (Å²) < 4.78 is 6.65. The topological polar surface area (TPSA) is 44.1 Å². The van der Waals surface area contributed by atoms with Crippen LogP contribution in [0.15, 0.2) is 18.5 Å². The lowest BCUT2D eigenvalue weighted by atomic mass is 10.1. The van der Waals surface area contributed by atoms with E-state index in [4.69, 9.17) is 4.74 Å². The molecule has 1 heterocycles. The summed E-state index contributed by atoms with van der Waals surface area (Å²) in [7, 11) is 1.39. The standard InChI is InChI=1S/C13H15BrN2O2/c1-8-4-11-12(5-9(8)2)16(7-15-11)6-10(14)13(17)18-3/h4-5,7,10H,6H2,1-3H3. The summed E-state index contributed by atoms with van der Waals surface area (Å²) in [5, 5.41) is 0. The second-order valence-electron chi connectivity index (χ2n) is 4.31. The van der Waals surface area contributed by atoms with Gasteiger partial charge in [-0.15, -0.1) is 0 Å². The van der Waals surface area contributed by atoms with Gasteiger partial charge in [0.2, 0.25) is 0 Å². The second-order valence-corrected chi connectivity index (χ2v) is 5.42. The molecule has 0 amide bonds. The van der Waals surface area contributed by atoms with Crippen LogP contribution in [0.3, 0.4) is 0 Å². The van der Waals surface area contributed by atoms with Crippen molar-refractivity contribution in [1.82, 2.24) is 9.55 Å². The number of methoxy groups -OCH3 is 1. The Hall–Kier alpha value is -1.36. The molecule has 1 aromatic heterocycles. The molecule has 96 valence electrons. The number of hydrogen-bond acceptors (Lipinski definition) is 3. The van der Waals surface area contributed by atoms with Crippen molar-refractivity contribution >= 4 is 32.9 Å². The average Bonchev–Trinajstić information content (AvgIpc) is 2.71. The monoisotopic (exact) mass is 310 g/mol. The Morgan fingerprint density at radius 3 is 2.78 bits per heavy atom. The normalized spacial score (nSPS) is 12.7. The first-order valence-electron chi connectivity index (χ1n) is 5.67. The molecule has 5 heteroatoms. The van der Waals surface area contributed by atoms with Crippen LogP contribution in [-0.2, 0) is 16.1 Å². The summed E-state index contributed by atoms with van der Waals surface area (Å²) >= 11 is 3.32. The molecular formula is C13H15BrN2O2. The Bertz CT molecular complexity index is 592. The Balaban J connectivity index is 2.35. The molecular weight excluding hydrogens is 296 g/mol. The number of alkyl halides is 1. The van der Waals surface area contributed by atoms with Gasteiger partial charge in [0.05, 0.1) is 24.5 Å². The van der Waals surface area contributed by atoms with Crippen molar-refractivity contribution in [2.75, 3.05) is 7.11 Å². The summed E-state index contributed by atoms with van der Waals surface area (Å²) in [6, 6.07) is 4.15. The van der Waals surface area contributed by atoms with Crippen molar-refractivity contribution in [3.05, 3.63) is 29.6 Å². The van der Waals surface area contributed by atoms with E-state index < -0.39 is 0 Å². The summed E-state index contributed by atoms with van der Waals surface area (Å²) in [6.07, 6.45) is 1.75. The van der Waals surface area contributed by atoms with E-state index in [1.165, 1.54) is 18.2 Å². The fourth-order valence-electron chi connectivity index (χ4n) is 1.83. The maximum absolute atomic E-state index is 11.4. The second kappa shape index (κ2) is 5.10. The number of ether oxygens (including phenoxy) is 1. The molecule has 0 aliphatic heterocycles. The van der Waals surface area contributed by atoms with Gasteiger partial charge in [0.25, 0.3) is 0 Å². The molecule has 1 aromatic carbocycles. The van der Waals surface area contributed by atoms with E-state index in [0.29, 0.717) is 6.54 Å². The maximum atomic E-state index is 11.4. The number of benzene rings is 1. The van der Waals surface area contributed by atoms with Gasteiger partial charge in [-0.3, -0.25) is 4.79 Å². The van der Waals surface area contributed by atoms with Gasteiger partial charge >= 0.3 is 5.97 Å². The molecule has 2 aromatic rings. The van der Waals surface area contributed by atoms with Gasteiger partial charge in [0.15, 0.2) is 0 Å². The molecule has 4 nitrogen and oxygen atoms in total. The smallest absolute Gasteiger partial charge is 0.321 e. The van der Waals surface area contributed by atoms with Crippen molar-refractivity contribution in [3.8, 4) is 0 Å². The van der Waals surface area contributed by atoms with Gasteiger partial charge in [-0.05, 0) is 37.1 Å². The molecule has 0 aliphatic rings. The highest BCUT2D eigenvalue weighted by molar-refractivity contribution is 9.10. The first-order valence-corrected chi connectivity index (χ1v) is 6.58. The first kappa shape index (κ1) is 13.1. The van der Waals surface area contributed by atoms with Gasteiger partial charge in [-0.2, -0.15) is 0 Å². The zero-order valence-corrected chi connectivity index (χ0v) is 12.2. The third-order valence-corrected chi connectivity index (χ3v) is 3.71. The van der Waals surface area contributed by atoms with Crippen molar-refractivity contribution in [2.45, 2.75) is 25.2 Å². The summed E-state index contributed by atoms with van der Waals surface area (Å²) in [4.78, 5) is 15.4. The molecule has 0 spiro atoms. The van der Waals surface area contributed by atoms with Gasteiger partial charge < -0.3 is 9.30 Å². The third kappa shape index (κ3) is 2.41. The van der Waals surface area contributed by atoms with Crippen LogP contribution in [0.5, 0.6) is 0 Å². The molecule has 0 fully saturated rings. The van der Waals surface area contributed by atoms with Gasteiger partial charge in [0, 0.05) is 6.54 Å². The van der Waals surface area contributed by atoms with Crippen LogP contribution in [-0.4, -0.2) is 27.5 Å². The highest BCUT2D eigenvalue weighted by atomic mass is 79.9. The molecule has 0 saturated carbocycles. The van der Waals surface area contributed by atoms with Crippen LogP contribution in [0, 0.1) is 13.8 Å². The minimum atomic E-state index is -0.360. The highest BCUT2D eigenvalue weighted by Gasteiger charge is 2.17. The van der Waals surface area contributed by atoms with Crippen LogP contribution in [0.25, 0.3) is 11.0 Å². The van der Waals surface area contributed by atoms with Crippen molar-refractivity contribution < 1.29 is 9.53 Å². The lowest BCUT2D eigenvalue weighted by Crippen LogP contribution is -2.21. The van der Waals surface area contributed by atoms with E-state index in [1.807, 2.05) is 4.57 Å². The summed E-state index contributed by atoms with van der Waals surface area (Å²) in [6.45, 7) is 4.64. The van der Waals surface area contributed by atoms with Crippen molar-refractivity contribution in [2.24, 2.45) is 0 Å². The Labute approximate surface area is 114 Å². The molecule has 1 unspecified atom stereocenters. The summed E-state index contributed by atoms with van der Waals surface area (Å²) in [5.41, 5.74) is 4.42. The van der Waals surface area contributed by atoms with Crippen LogP contribution in [0.2, 0.25) is 0 Å². The van der Waals surface area contributed by atoms with E-state index in [1.54, 1.807) is 6.33 Å². The average molecular weight is 311 g/mol. The molecule has 0 radical (unpaired) electrons. The van der Waals surface area contributed by atoms with Crippen molar-refractivity contribution in [1.29, 1.82) is 0 Å². The van der Waals surface area contributed by atoms with Gasteiger partial charge in [-0.25, -0.2) is 4.98 Å². The molecule has 18 heavy (non-hydrogen) atoms. The number of carbonyl (C=O) groups excluding carboxylic acids is 1. The number of nitrogens with zero attached hydrogens (tertiary/aromatic N) is 2. The molecule has 2 rings (SSSR count). The Morgan fingerprint density at radius 2 is 2.11 bits per heavy atom. The zero-order valence-electron chi connectivity index (χ0n) is 10.6. The number of hydrogen-bond donors (Lipinski definition) is 0. The largest absolute Gasteiger partial charge is 0.468 e. The van der Waals surface area contributed by atoms with E-state index in [-0.39, 0.29) is 10.8 Å². The first-order chi connectivity index (χ1) is 8.52. The summed E-state index contributed by atoms with van der Waals surface area (Å²) in [5.74, 6) is -0.277. The lowest BCUT2D eigenvalue weighted by Gasteiger charge is -2.10. The third-order valence-electron chi connectivity index (χ3n) is 3.05. The van der Waals surface area contributed by atoms with Crippen LogP contribution in [0.4, 0.5) is 0 Å². The van der Waals surface area contributed by atoms with E-state index >= 15 is 0 Å². The number of halogens is 1. The number of esters is 1. The molecule has 0 aliphatic carbocycles. The molecule has 1 atom stereocenters. The van der Waals surface area contributed by atoms with Crippen molar-refractivity contribution in [3.63, 3.8) is 0 Å². The number of imidazole rings is 1. The quantitative estimate of drug-likeness (QED) is 0.646. The number of aromatic nitrogens is 2. The van der Waals surface area contributed by atoms with Crippen LogP contribution in [0.1, 0.15) is 11.1 Å². The minimum Gasteiger partial charge on any atom is -0.468 e. The van der Waals surface area contributed by atoms with E-state index in [9.17, 15) is 4.79 Å². The zero-order chi connectivity index (χ0) is 13.3. The number of rotatable bonds is 3. The van der Waals surface area contributed by atoms with Crippen LogP contribution >= 0.6 is 15.9 Å². The molecule has 0 bridgehead atoms. The van der Waals surface area contributed by atoms with E-state index in [2.05, 4.69) is 46.9 Å². The Kier molecular flexibility index (Phi) is 3.71. The molecule has 0 N–H and O–H groups in total. The lowest BCUT2D eigenvalue weighted by molar-refractivity contribution is -0.140. The fraction of sp³-hybridized carbons (Fsp3) is 0.385. The fourth-order valence-corrected chi connectivity index (χ4v) is 2.33. The predicted molar refractivity (Wildman–Crippen MR) is 73.9 cm³/mol. The minimum absolute atomic E-state index is 0.277.